The third kappa shape index (κ3) is 2.00. The lowest BCUT2D eigenvalue weighted by atomic mass is 9.75. The highest BCUT2D eigenvalue weighted by Gasteiger charge is 2.35. The van der Waals surface area contributed by atoms with Crippen molar-refractivity contribution in [2.75, 3.05) is 18.2 Å². The van der Waals surface area contributed by atoms with Gasteiger partial charge in [0, 0.05) is 5.54 Å². The lowest BCUT2D eigenvalue weighted by Crippen LogP contribution is -2.44. The van der Waals surface area contributed by atoms with Gasteiger partial charge < -0.3 is 15.8 Å². The van der Waals surface area contributed by atoms with E-state index in [4.69, 9.17) is 10.5 Å². The number of nitrogens with one attached hydrogen (secondary N) is 1. The van der Waals surface area contributed by atoms with Crippen LogP contribution in [0.2, 0.25) is 0 Å². The van der Waals surface area contributed by atoms with Gasteiger partial charge in [0.25, 0.3) is 0 Å². The quantitative estimate of drug-likeness (QED) is 0.797. The van der Waals surface area contributed by atoms with Crippen molar-refractivity contribution in [3.8, 4) is 6.01 Å². The molecule has 3 N–H and O–H groups in total. The predicted octanol–water partition coefficient (Wildman–Crippen LogP) is 1.21. The number of hydrogen-bond donors (Lipinski definition) is 2. The fourth-order valence-electron chi connectivity index (χ4n) is 1.93. The first-order valence-electron chi connectivity index (χ1n) is 5.51. The van der Waals surface area contributed by atoms with Gasteiger partial charge in [-0.25, -0.2) is 0 Å². The third-order valence-corrected chi connectivity index (χ3v) is 3.18. The second kappa shape index (κ2) is 4.11. The van der Waals surface area contributed by atoms with E-state index in [0.717, 1.165) is 19.3 Å². The molecule has 0 aromatic carbocycles. The molecule has 1 saturated carbocycles. The molecule has 0 atom stereocenters. The molecule has 1 fully saturated rings. The van der Waals surface area contributed by atoms with Crippen molar-refractivity contribution < 1.29 is 4.74 Å². The van der Waals surface area contributed by atoms with Crippen LogP contribution in [0.15, 0.2) is 0 Å². The van der Waals surface area contributed by atoms with Crippen LogP contribution < -0.4 is 15.8 Å². The Morgan fingerprint density at radius 3 is 2.62 bits per heavy atom. The standard InChI is InChI=1S/C10H17N5O/c1-3-10(5-4-6-10)15-8-12-7(11)13-9(14-8)16-2/h3-6H2,1-2H3,(H3,11,12,13,14,15). The van der Waals surface area contributed by atoms with Crippen LogP contribution in [0.5, 0.6) is 6.01 Å². The van der Waals surface area contributed by atoms with Crippen LogP contribution in [0.3, 0.4) is 0 Å². The van der Waals surface area contributed by atoms with E-state index in [1.54, 1.807) is 0 Å². The summed E-state index contributed by atoms with van der Waals surface area (Å²) in [6, 6.07) is 0.251. The van der Waals surface area contributed by atoms with E-state index in [2.05, 4.69) is 27.2 Å². The van der Waals surface area contributed by atoms with E-state index in [1.165, 1.54) is 13.5 Å². The summed E-state index contributed by atoms with van der Waals surface area (Å²) in [6.45, 7) is 2.16. The van der Waals surface area contributed by atoms with Crippen molar-refractivity contribution in [1.29, 1.82) is 0 Å². The second-order valence-corrected chi connectivity index (χ2v) is 4.12. The summed E-state index contributed by atoms with van der Waals surface area (Å²) in [5.74, 6) is 0.686. The Morgan fingerprint density at radius 2 is 2.12 bits per heavy atom. The summed E-state index contributed by atoms with van der Waals surface area (Å²) in [6.07, 6.45) is 4.61. The van der Waals surface area contributed by atoms with E-state index >= 15 is 0 Å². The molecule has 16 heavy (non-hydrogen) atoms. The maximum atomic E-state index is 5.57. The average Bonchev–Trinajstić information content (AvgIpc) is 2.22. The van der Waals surface area contributed by atoms with Gasteiger partial charge in [0.2, 0.25) is 11.9 Å². The topological polar surface area (TPSA) is 86.0 Å². The van der Waals surface area contributed by atoms with Gasteiger partial charge in [0.15, 0.2) is 0 Å². The number of nitrogen functional groups attached to an aromatic ring is 1. The Balaban J connectivity index is 2.17. The molecule has 0 amide bonds. The Kier molecular flexibility index (Phi) is 2.80. The molecule has 88 valence electrons. The van der Waals surface area contributed by atoms with Gasteiger partial charge in [0.05, 0.1) is 7.11 Å². The lowest BCUT2D eigenvalue weighted by Gasteiger charge is -2.41. The molecular weight excluding hydrogens is 206 g/mol. The first-order chi connectivity index (χ1) is 7.67. The Hall–Kier alpha value is -1.59. The third-order valence-electron chi connectivity index (χ3n) is 3.18. The van der Waals surface area contributed by atoms with Gasteiger partial charge in [-0.1, -0.05) is 6.92 Å². The zero-order valence-electron chi connectivity index (χ0n) is 9.66. The van der Waals surface area contributed by atoms with Gasteiger partial charge in [-0.2, -0.15) is 15.0 Å². The fraction of sp³-hybridized carbons (Fsp3) is 0.700. The van der Waals surface area contributed by atoms with Gasteiger partial charge in [-0.3, -0.25) is 0 Å². The monoisotopic (exact) mass is 223 g/mol. The molecule has 1 aliphatic carbocycles. The maximum Gasteiger partial charge on any atom is 0.322 e. The molecule has 0 bridgehead atoms. The van der Waals surface area contributed by atoms with Crippen LogP contribution in [0.25, 0.3) is 0 Å². The van der Waals surface area contributed by atoms with Crippen LogP contribution in [-0.2, 0) is 0 Å². The maximum absolute atomic E-state index is 5.57. The van der Waals surface area contributed by atoms with Crippen molar-refractivity contribution in [1.82, 2.24) is 15.0 Å². The summed E-state index contributed by atoms with van der Waals surface area (Å²) < 4.78 is 4.95. The van der Waals surface area contributed by atoms with E-state index in [0.29, 0.717) is 5.95 Å². The molecular formula is C10H17N5O. The molecule has 1 aromatic rings. The second-order valence-electron chi connectivity index (χ2n) is 4.12. The van der Waals surface area contributed by atoms with Crippen molar-refractivity contribution in [2.45, 2.75) is 38.1 Å². The van der Waals surface area contributed by atoms with Gasteiger partial charge >= 0.3 is 6.01 Å². The van der Waals surface area contributed by atoms with Gasteiger partial charge in [0.1, 0.15) is 0 Å². The molecule has 6 nitrogen and oxygen atoms in total. The first-order valence-corrected chi connectivity index (χ1v) is 5.51. The number of anilines is 2. The lowest BCUT2D eigenvalue weighted by molar-refractivity contribution is 0.267. The largest absolute Gasteiger partial charge is 0.467 e. The zero-order valence-corrected chi connectivity index (χ0v) is 9.66. The molecule has 1 aromatic heterocycles. The first kappa shape index (κ1) is 10.9. The average molecular weight is 223 g/mol. The number of rotatable bonds is 4. The summed E-state index contributed by atoms with van der Waals surface area (Å²) in [4.78, 5) is 12.0. The Bertz CT molecular complexity index is 372. The van der Waals surface area contributed by atoms with Crippen molar-refractivity contribution >= 4 is 11.9 Å². The molecule has 0 radical (unpaired) electrons. The summed E-state index contributed by atoms with van der Waals surface area (Å²) >= 11 is 0. The molecule has 6 heteroatoms. The van der Waals surface area contributed by atoms with E-state index in [9.17, 15) is 0 Å². The number of hydrogen-bond acceptors (Lipinski definition) is 6. The van der Waals surface area contributed by atoms with E-state index in [-0.39, 0.29) is 17.5 Å². The van der Waals surface area contributed by atoms with Crippen molar-refractivity contribution in [2.24, 2.45) is 0 Å². The van der Waals surface area contributed by atoms with E-state index in [1.807, 2.05) is 0 Å². The number of ether oxygens (including phenoxy) is 1. The van der Waals surface area contributed by atoms with Crippen molar-refractivity contribution in [3.05, 3.63) is 0 Å². The minimum atomic E-state index is 0.138. The molecule has 0 aliphatic heterocycles. The summed E-state index contributed by atoms with van der Waals surface area (Å²) in [7, 11) is 1.51. The molecule has 1 aliphatic rings. The van der Waals surface area contributed by atoms with Gasteiger partial charge in [-0.15, -0.1) is 0 Å². The highest BCUT2D eigenvalue weighted by atomic mass is 16.5. The normalized spacial score (nSPS) is 17.6. The number of aromatic nitrogens is 3. The molecule has 0 unspecified atom stereocenters. The number of methoxy groups -OCH3 is 1. The Morgan fingerprint density at radius 1 is 1.38 bits per heavy atom. The SMILES string of the molecule is CCC1(Nc2nc(N)nc(OC)n2)CCC1. The van der Waals surface area contributed by atoms with Crippen LogP contribution >= 0.6 is 0 Å². The highest BCUT2D eigenvalue weighted by Crippen LogP contribution is 2.37. The van der Waals surface area contributed by atoms with Crippen LogP contribution in [-0.4, -0.2) is 27.6 Å². The predicted molar refractivity (Wildman–Crippen MR) is 61.3 cm³/mol. The molecule has 1 heterocycles. The molecule has 0 saturated heterocycles. The minimum absolute atomic E-state index is 0.138. The van der Waals surface area contributed by atoms with E-state index < -0.39 is 0 Å². The fourth-order valence-corrected chi connectivity index (χ4v) is 1.93. The van der Waals surface area contributed by atoms with Crippen LogP contribution in [0, 0.1) is 0 Å². The highest BCUT2D eigenvalue weighted by molar-refractivity contribution is 5.36. The summed E-state index contributed by atoms with van der Waals surface area (Å²) in [5, 5.41) is 3.33. The van der Waals surface area contributed by atoms with Crippen LogP contribution in [0.1, 0.15) is 32.6 Å². The minimum Gasteiger partial charge on any atom is -0.467 e. The van der Waals surface area contributed by atoms with Crippen molar-refractivity contribution in [3.63, 3.8) is 0 Å². The summed E-state index contributed by atoms with van der Waals surface area (Å²) in [5.41, 5.74) is 5.71. The van der Waals surface area contributed by atoms with Gasteiger partial charge in [-0.05, 0) is 25.7 Å². The van der Waals surface area contributed by atoms with Crippen LogP contribution in [0.4, 0.5) is 11.9 Å². The Labute approximate surface area is 94.6 Å². The number of nitrogens with zero attached hydrogens (tertiary/aromatic N) is 3. The smallest absolute Gasteiger partial charge is 0.322 e. The zero-order chi connectivity index (χ0) is 11.6. The molecule has 2 rings (SSSR count). The molecule has 0 spiro atoms. The number of nitrogens with two attached hydrogens (primary N) is 1.